The summed E-state index contributed by atoms with van der Waals surface area (Å²) in [5.41, 5.74) is 0.859. The van der Waals surface area contributed by atoms with E-state index in [-0.39, 0.29) is 11.4 Å². The van der Waals surface area contributed by atoms with Crippen molar-refractivity contribution in [3.63, 3.8) is 0 Å². The molecule has 28 heavy (non-hydrogen) atoms. The first-order valence-corrected chi connectivity index (χ1v) is 8.63. The highest BCUT2D eigenvalue weighted by Gasteiger charge is 2.17. The first kappa shape index (κ1) is 19.3. The topological polar surface area (TPSA) is 78.3 Å². The molecule has 1 aromatic carbocycles. The van der Waals surface area contributed by atoms with E-state index in [1.165, 1.54) is 18.2 Å². The first-order chi connectivity index (χ1) is 13.2. The zero-order valence-electron chi connectivity index (χ0n) is 16.1. The molecule has 7 nitrogen and oxygen atoms in total. The first-order valence-electron chi connectivity index (χ1n) is 8.63. The van der Waals surface area contributed by atoms with Crippen molar-refractivity contribution in [2.75, 3.05) is 5.32 Å². The fraction of sp³-hybridized carbons (Fsp3) is 0.250. The molecule has 0 radical (unpaired) electrons. The summed E-state index contributed by atoms with van der Waals surface area (Å²) in [6.07, 6.45) is 2.80. The Labute approximate surface area is 162 Å². The molecule has 1 amide bonds. The van der Waals surface area contributed by atoms with E-state index in [1.807, 2.05) is 19.3 Å². The fourth-order valence-electron chi connectivity index (χ4n) is 2.38. The van der Waals surface area contributed by atoms with Crippen molar-refractivity contribution in [1.29, 1.82) is 0 Å². The number of hydrogen-bond donors (Lipinski definition) is 1. The van der Waals surface area contributed by atoms with Crippen LogP contribution >= 0.6 is 0 Å². The highest BCUT2D eigenvalue weighted by Crippen LogP contribution is 2.26. The van der Waals surface area contributed by atoms with Crippen molar-refractivity contribution in [3.05, 3.63) is 54.6 Å². The van der Waals surface area contributed by atoms with E-state index in [1.54, 1.807) is 43.8 Å². The quantitative estimate of drug-likeness (QED) is 0.702. The molecular formula is C20H21FN4O3. The lowest BCUT2D eigenvalue weighted by molar-refractivity contribution is 0.0635. The number of benzene rings is 1. The van der Waals surface area contributed by atoms with Crippen LogP contribution < -0.4 is 10.1 Å². The molecule has 3 aromatic rings. The summed E-state index contributed by atoms with van der Waals surface area (Å²) < 4.78 is 26.7. The van der Waals surface area contributed by atoms with E-state index in [0.29, 0.717) is 11.6 Å². The van der Waals surface area contributed by atoms with Crippen LogP contribution in [0.2, 0.25) is 0 Å². The molecule has 0 saturated carbocycles. The molecular weight excluding hydrogens is 363 g/mol. The van der Waals surface area contributed by atoms with Crippen molar-refractivity contribution in [3.8, 4) is 22.9 Å². The third-order valence-electron chi connectivity index (χ3n) is 3.52. The minimum Gasteiger partial charge on any atom is -0.444 e. The van der Waals surface area contributed by atoms with Crippen LogP contribution in [-0.2, 0) is 11.8 Å². The lowest BCUT2D eigenvalue weighted by Gasteiger charge is -2.19. The predicted octanol–water partition coefficient (Wildman–Crippen LogP) is 4.76. The molecule has 0 unspecified atom stereocenters. The highest BCUT2D eigenvalue weighted by molar-refractivity contribution is 5.85. The second kappa shape index (κ2) is 7.67. The third-order valence-corrected chi connectivity index (χ3v) is 3.52. The van der Waals surface area contributed by atoms with Crippen LogP contribution in [0.3, 0.4) is 0 Å². The fourth-order valence-corrected chi connectivity index (χ4v) is 2.38. The Balaban J connectivity index is 1.72. The molecule has 0 aliphatic heterocycles. The average Bonchev–Trinajstić information content (AvgIpc) is 3.02. The van der Waals surface area contributed by atoms with E-state index in [0.717, 1.165) is 5.56 Å². The van der Waals surface area contributed by atoms with Gasteiger partial charge in [-0.15, -0.1) is 0 Å². The summed E-state index contributed by atoms with van der Waals surface area (Å²) >= 11 is 0. The van der Waals surface area contributed by atoms with E-state index in [2.05, 4.69) is 15.4 Å². The van der Waals surface area contributed by atoms with Gasteiger partial charge in [0.25, 0.3) is 0 Å². The zero-order chi connectivity index (χ0) is 20.3. The largest absolute Gasteiger partial charge is 0.444 e. The van der Waals surface area contributed by atoms with Crippen LogP contribution in [0.25, 0.3) is 11.3 Å². The molecule has 0 spiro atoms. The average molecular weight is 384 g/mol. The van der Waals surface area contributed by atoms with Crippen LogP contribution in [0.1, 0.15) is 20.8 Å². The smallest absolute Gasteiger partial charge is 0.412 e. The Morgan fingerprint density at radius 1 is 1.21 bits per heavy atom. The molecule has 0 aliphatic carbocycles. The van der Waals surface area contributed by atoms with Gasteiger partial charge in [-0.1, -0.05) is 6.07 Å². The number of aromatic nitrogens is 3. The molecule has 2 heterocycles. The number of aryl methyl sites for hydroxylation is 1. The number of carbonyl (C=O) groups is 1. The maximum absolute atomic E-state index is 14.3. The molecule has 0 fully saturated rings. The minimum absolute atomic E-state index is 0.00123. The van der Waals surface area contributed by atoms with Gasteiger partial charge in [0.05, 0.1) is 17.6 Å². The minimum atomic E-state index is -0.731. The van der Waals surface area contributed by atoms with E-state index < -0.39 is 17.5 Å². The second-order valence-corrected chi connectivity index (χ2v) is 7.13. The summed E-state index contributed by atoms with van der Waals surface area (Å²) in [6, 6.07) is 9.40. The molecule has 0 saturated heterocycles. The Kier molecular flexibility index (Phi) is 5.30. The van der Waals surface area contributed by atoms with Gasteiger partial charge in [0, 0.05) is 30.9 Å². The molecule has 0 atom stereocenters. The number of ether oxygens (including phenoxy) is 2. The van der Waals surface area contributed by atoms with Gasteiger partial charge in [-0.2, -0.15) is 5.10 Å². The molecule has 2 aromatic heterocycles. The second-order valence-electron chi connectivity index (χ2n) is 7.13. The normalized spacial score (nSPS) is 11.2. The number of amides is 1. The SMILES string of the molecule is Cn1cc(-c2cccc(Oc3ccc(NC(=O)OC(C)(C)C)c(F)c3)n2)cn1. The Morgan fingerprint density at radius 3 is 2.64 bits per heavy atom. The number of halogens is 1. The Bertz CT molecular complexity index is 995. The molecule has 146 valence electrons. The number of hydrogen-bond acceptors (Lipinski definition) is 5. The van der Waals surface area contributed by atoms with E-state index >= 15 is 0 Å². The summed E-state index contributed by atoms with van der Waals surface area (Å²) in [5.74, 6) is -0.0801. The van der Waals surface area contributed by atoms with Gasteiger partial charge < -0.3 is 9.47 Å². The number of nitrogens with zero attached hydrogens (tertiary/aromatic N) is 3. The highest BCUT2D eigenvalue weighted by atomic mass is 19.1. The molecule has 8 heteroatoms. The molecule has 3 rings (SSSR count). The molecule has 0 bridgehead atoms. The van der Waals surface area contributed by atoms with E-state index in [9.17, 15) is 9.18 Å². The van der Waals surface area contributed by atoms with Crippen LogP contribution in [-0.4, -0.2) is 26.5 Å². The van der Waals surface area contributed by atoms with Crippen molar-refractivity contribution >= 4 is 11.8 Å². The predicted molar refractivity (Wildman–Crippen MR) is 103 cm³/mol. The lowest BCUT2D eigenvalue weighted by Crippen LogP contribution is -2.27. The van der Waals surface area contributed by atoms with Crippen LogP contribution in [0.5, 0.6) is 11.6 Å². The van der Waals surface area contributed by atoms with Crippen LogP contribution in [0.15, 0.2) is 48.8 Å². The van der Waals surface area contributed by atoms with Crippen LogP contribution in [0.4, 0.5) is 14.9 Å². The number of carbonyl (C=O) groups excluding carboxylic acids is 1. The van der Waals surface area contributed by atoms with Crippen molar-refractivity contribution in [2.45, 2.75) is 26.4 Å². The van der Waals surface area contributed by atoms with Crippen molar-refractivity contribution in [2.24, 2.45) is 7.05 Å². The van der Waals surface area contributed by atoms with Gasteiger partial charge >= 0.3 is 6.09 Å². The molecule has 1 N–H and O–H groups in total. The summed E-state index contributed by atoms with van der Waals surface area (Å²) in [6.45, 7) is 5.19. The summed E-state index contributed by atoms with van der Waals surface area (Å²) in [5, 5.41) is 6.49. The number of pyridine rings is 1. The van der Waals surface area contributed by atoms with Gasteiger partial charge in [0.1, 0.15) is 11.4 Å². The maximum Gasteiger partial charge on any atom is 0.412 e. The van der Waals surface area contributed by atoms with Crippen molar-refractivity contribution < 1.29 is 18.7 Å². The Morgan fingerprint density at radius 2 is 2.00 bits per heavy atom. The van der Waals surface area contributed by atoms with Gasteiger partial charge in [0.2, 0.25) is 5.88 Å². The number of anilines is 1. The maximum atomic E-state index is 14.3. The number of rotatable bonds is 4. The van der Waals surface area contributed by atoms with Gasteiger partial charge in [-0.3, -0.25) is 10.00 Å². The summed E-state index contributed by atoms with van der Waals surface area (Å²) in [4.78, 5) is 16.2. The monoisotopic (exact) mass is 384 g/mol. The Hall–Kier alpha value is -3.42. The van der Waals surface area contributed by atoms with Gasteiger partial charge in [0.15, 0.2) is 5.82 Å². The standard InChI is InChI=1S/C20H21FN4O3/c1-20(2,3)28-19(26)24-17-9-8-14(10-15(17)21)27-18-7-5-6-16(23-18)13-11-22-25(4)12-13/h5-12H,1-4H3,(H,24,26). The zero-order valence-corrected chi connectivity index (χ0v) is 16.1. The third kappa shape index (κ3) is 5.06. The lowest BCUT2D eigenvalue weighted by atomic mass is 10.2. The molecule has 0 aliphatic rings. The van der Waals surface area contributed by atoms with Crippen LogP contribution in [0, 0.1) is 5.82 Å². The van der Waals surface area contributed by atoms with Crippen molar-refractivity contribution in [1.82, 2.24) is 14.8 Å². The summed E-state index contributed by atoms with van der Waals surface area (Å²) in [7, 11) is 1.82. The number of nitrogens with one attached hydrogen (secondary N) is 1. The van der Waals surface area contributed by atoms with Gasteiger partial charge in [-0.25, -0.2) is 14.2 Å². The van der Waals surface area contributed by atoms with Gasteiger partial charge in [-0.05, 0) is 39.0 Å². The van der Waals surface area contributed by atoms with E-state index in [4.69, 9.17) is 9.47 Å².